The van der Waals surface area contributed by atoms with Crippen molar-refractivity contribution in [3.05, 3.63) is 94.0 Å². The first kappa shape index (κ1) is 44.7. The molecule has 0 fully saturated rings. The summed E-state index contributed by atoms with van der Waals surface area (Å²) in [5, 5.41) is 32.8. The maximum Gasteiger partial charge on any atom is 0.377 e. The highest BCUT2D eigenvalue weighted by Crippen LogP contribution is 2.32. The molecule has 56 heavy (non-hydrogen) atoms. The van der Waals surface area contributed by atoms with Gasteiger partial charge in [-0.15, -0.1) is 0 Å². The number of ether oxygens (including phenoxy) is 4. The van der Waals surface area contributed by atoms with E-state index >= 15 is 0 Å². The number of aromatic nitrogens is 2. The van der Waals surface area contributed by atoms with Gasteiger partial charge in [-0.1, -0.05) is 36.4 Å². The summed E-state index contributed by atoms with van der Waals surface area (Å²) in [4.78, 5) is 35.7. The number of aliphatic carboxylic acids is 1. The van der Waals surface area contributed by atoms with Crippen molar-refractivity contribution in [2.24, 2.45) is 0 Å². The first-order valence-corrected chi connectivity index (χ1v) is 16.8. The Labute approximate surface area is 319 Å². The molecule has 0 bridgehead atoms. The van der Waals surface area contributed by atoms with Gasteiger partial charge in [0.05, 0.1) is 14.2 Å². The molecule has 2 atom stereocenters. The molecule has 2 aromatic heterocycles. The fourth-order valence-electron chi connectivity index (χ4n) is 5.31. The molecule has 0 aliphatic rings. The number of carbonyl (C=O) groups is 1. The van der Waals surface area contributed by atoms with Crippen molar-refractivity contribution in [3.63, 3.8) is 0 Å². The van der Waals surface area contributed by atoms with Crippen LogP contribution in [0.2, 0.25) is 0 Å². The van der Waals surface area contributed by atoms with E-state index in [1.54, 1.807) is 24.3 Å². The molecule has 0 spiro atoms. The molecule has 14 nitrogen and oxygen atoms in total. The molecule has 2 aromatic carbocycles. The molecule has 4 aromatic rings. The zero-order valence-electron chi connectivity index (χ0n) is 30.9. The van der Waals surface area contributed by atoms with Crippen molar-refractivity contribution in [2.75, 3.05) is 27.3 Å². The second kappa shape index (κ2) is 21.4. The topological polar surface area (TPSA) is 199 Å². The number of carboxylic acids is 1. The molecule has 5 N–H and O–H groups in total. The van der Waals surface area contributed by atoms with E-state index in [4.69, 9.17) is 33.6 Å². The molecule has 18 heteroatoms. The van der Waals surface area contributed by atoms with Gasteiger partial charge in [-0.05, 0) is 59.4 Å². The summed E-state index contributed by atoms with van der Waals surface area (Å²) >= 11 is 0. The molecule has 0 saturated carbocycles. The number of methoxy groups -OCH3 is 2. The Kier molecular flexibility index (Phi) is 17.1. The number of hydrogen-bond acceptors (Lipinski definition) is 13. The van der Waals surface area contributed by atoms with Gasteiger partial charge in [-0.2, -0.15) is 28.3 Å². The molecule has 0 amide bonds. The van der Waals surface area contributed by atoms with Crippen LogP contribution in [0.4, 0.5) is 17.6 Å². The summed E-state index contributed by atoms with van der Waals surface area (Å²) < 4.78 is 74.8. The zero-order valence-corrected chi connectivity index (χ0v) is 30.9. The lowest BCUT2D eigenvalue weighted by molar-refractivity contribution is -0.191. The molecule has 0 saturated heterocycles. The number of hydrogen-bond donors (Lipinski definition) is 5. The number of benzene rings is 2. The number of carboxylic acid groups (broad SMARTS) is 1. The van der Waals surface area contributed by atoms with E-state index in [2.05, 4.69) is 20.6 Å². The average molecular weight is 791 g/mol. The second-order valence-corrected chi connectivity index (χ2v) is 12.1. The number of nitrogens with zero attached hydrogens (tertiary/aromatic N) is 2. The van der Waals surface area contributed by atoms with Crippen LogP contribution in [0.25, 0.3) is 11.1 Å². The molecule has 2 heterocycles. The third-order valence-corrected chi connectivity index (χ3v) is 8.46. The Balaban J connectivity index is 0.00000271. The van der Waals surface area contributed by atoms with Crippen molar-refractivity contribution < 1.29 is 66.2 Å². The monoisotopic (exact) mass is 790 g/mol. The lowest BCUT2D eigenvalue weighted by Crippen LogP contribution is -2.46. The van der Waals surface area contributed by atoms with Crippen molar-refractivity contribution >= 4 is 12.1 Å². The average Bonchev–Trinajstić information content (AvgIpc) is 3.17. The second-order valence-electron chi connectivity index (χ2n) is 12.1. The zero-order chi connectivity index (χ0) is 41.4. The Bertz CT molecular complexity index is 1950. The summed E-state index contributed by atoms with van der Waals surface area (Å²) in [5.41, 5.74) is 6.87. The van der Waals surface area contributed by atoms with Gasteiger partial charge in [0.25, 0.3) is 6.43 Å². The van der Waals surface area contributed by atoms with Crippen LogP contribution in [0.1, 0.15) is 33.4 Å². The number of aliphatic hydroxyl groups excluding tert-OH is 2. The van der Waals surface area contributed by atoms with Gasteiger partial charge in [0, 0.05) is 49.4 Å². The smallest absolute Gasteiger partial charge is 0.377 e. The van der Waals surface area contributed by atoms with Gasteiger partial charge in [-0.25, -0.2) is 13.6 Å². The number of nitrogens with one attached hydrogen (secondary N) is 2. The fourth-order valence-corrected chi connectivity index (χ4v) is 5.31. The molecular weight excluding hydrogens is 748 g/mol. The van der Waals surface area contributed by atoms with Crippen molar-refractivity contribution in [1.82, 2.24) is 20.6 Å². The molecule has 0 radical (unpaired) electrons. The fraction of sp³-hybridized carbons (Fsp3) is 0.368. The standard InChI is InChI=1S/C37H42F4N4O8.CO2/c1-21-25(19-52-31-13-11-23(34(44-31)50-3)15-42-17-29(46)33(38)39)7-5-9-27(21)28-10-6-8-26(22(28)2)20-53-32-14-12-24(35(45-32)51-4)16-43-18-30(47)37(40,41)36(48)49;2-1-3/h5-14,29-30,33,42-43,46-47H,15-20H2,1-4H3,(H,48,49);. The van der Waals surface area contributed by atoms with Gasteiger partial charge >= 0.3 is 18.0 Å². The maximum atomic E-state index is 13.5. The van der Waals surface area contributed by atoms with Crippen LogP contribution < -0.4 is 29.6 Å². The number of aliphatic hydroxyl groups is 2. The highest BCUT2D eigenvalue weighted by Gasteiger charge is 2.46. The normalized spacial score (nSPS) is 12.2. The summed E-state index contributed by atoms with van der Waals surface area (Å²) in [5.74, 6) is -5.71. The van der Waals surface area contributed by atoms with Crippen LogP contribution in [0.5, 0.6) is 23.5 Å². The Hall–Kier alpha value is -5.65. The van der Waals surface area contributed by atoms with Crippen LogP contribution in [0.15, 0.2) is 60.7 Å². The molecule has 0 aliphatic heterocycles. The van der Waals surface area contributed by atoms with E-state index in [1.165, 1.54) is 14.2 Å². The summed E-state index contributed by atoms with van der Waals surface area (Å²) in [6, 6.07) is 18.4. The minimum Gasteiger partial charge on any atom is -0.481 e. The molecular formula is C38H42F4N4O10. The quantitative estimate of drug-likeness (QED) is 0.0797. The number of alkyl halides is 4. The molecule has 2 unspecified atom stereocenters. The summed E-state index contributed by atoms with van der Waals surface area (Å²) in [6.45, 7) is 3.56. The van der Waals surface area contributed by atoms with Crippen LogP contribution in [0, 0.1) is 13.8 Å². The Morgan fingerprint density at radius 3 is 1.57 bits per heavy atom. The van der Waals surface area contributed by atoms with Gasteiger partial charge in [0.15, 0.2) is 0 Å². The Morgan fingerprint density at radius 2 is 1.18 bits per heavy atom. The van der Waals surface area contributed by atoms with Crippen LogP contribution >= 0.6 is 0 Å². The van der Waals surface area contributed by atoms with Gasteiger partial charge in [0.1, 0.15) is 25.4 Å². The first-order chi connectivity index (χ1) is 26.7. The summed E-state index contributed by atoms with van der Waals surface area (Å²) in [7, 11) is 2.83. The largest absolute Gasteiger partial charge is 0.481 e. The van der Waals surface area contributed by atoms with Crippen molar-refractivity contribution in [3.8, 4) is 34.6 Å². The van der Waals surface area contributed by atoms with Crippen LogP contribution in [-0.4, -0.2) is 89.3 Å². The molecule has 302 valence electrons. The molecule has 0 aliphatic carbocycles. The highest BCUT2D eigenvalue weighted by atomic mass is 19.3. The Morgan fingerprint density at radius 1 is 0.750 bits per heavy atom. The summed E-state index contributed by atoms with van der Waals surface area (Å²) in [6.07, 6.45) is -6.79. The third kappa shape index (κ3) is 12.2. The maximum absolute atomic E-state index is 13.5. The van der Waals surface area contributed by atoms with E-state index in [-0.39, 0.29) is 56.6 Å². The van der Waals surface area contributed by atoms with Gasteiger partial charge in [0.2, 0.25) is 23.5 Å². The van der Waals surface area contributed by atoms with E-state index in [0.717, 1.165) is 33.4 Å². The number of pyridine rings is 2. The highest BCUT2D eigenvalue weighted by molar-refractivity contribution is 5.76. The SMILES string of the molecule is COc1nc(OCc2cccc(-c3cccc(COc4ccc(CNCC(O)C(F)(F)C(=O)O)c(OC)n4)c3C)c2C)ccc1CNCC(O)C(F)F.O=C=O. The lowest BCUT2D eigenvalue weighted by atomic mass is 9.92. The number of halogens is 4. The van der Waals surface area contributed by atoms with Crippen molar-refractivity contribution in [1.29, 1.82) is 0 Å². The van der Waals surface area contributed by atoms with Gasteiger partial charge < -0.3 is 44.9 Å². The van der Waals surface area contributed by atoms with Crippen LogP contribution in [0.3, 0.4) is 0 Å². The van der Waals surface area contributed by atoms with E-state index in [0.29, 0.717) is 17.0 Å². The first-order valence-electron chi connectivity index (χ1n) is 16.8. The van der Waals surface area contributed by atoms with Crippen molar-refractivity contribution in [2.45, 2.75) is 64.7 Å². The lowest BCUT2D eigenvalue weighted by Gasteiger charge is -2.19. The van der Waals surface area contributed by atoms with E-state index in [1.807, 2.05) is 50.2 Å². The van der Waals surface area contributed by atoms with Crippen LogP contribution in [-0.2, 0) is 40.7 Å². The minimum atomic E-state index is -4.29. The third-order valence-electron chi connectivity index (χ3n) is 8.46. The predicted octanol–water partition coefficient (Wildman–Crippen LogP) is 4.24. The molecule has 4 rings (SSSR count). The van der Waals surface area contributed by atoms with E-state index < -0.39 is 37.1 Å². The number of rotatable bonds is 20. The number of carbonyl (C=O) groups excluding carboxylic acids is 2. The predicted molar refractivity (Wildman–Crippen MR) is 191 cm³/mol. The van der Waals surface area contributed by atoms with E-state index in [9.17, 15) is 32.6 Å². The minimum absolute atomic E-state index is 0.0255. The van der Waals surface area contributed by atoms with Gasteiger partial charge in [-0.3, -0.25) is 0 Å².